The van der Waals surface area contributed by atoms with Crippen LogP contribution >= 0.6 is 0 Å². The summed E-state index contributed by atoms with van der Waals surface area (Å²) in [6.45, 7) is 5.00. The molecule has 0 radical (unpaired) electrons. The topological polar surface area (TPSA) is 60.9 Å². The molecule has 1 aliphatic carbocycles. The van der Waals surface area contributed by atoms with Crippen LogP contribution in [0, 0.1) is 11.8 Å². The number of rotatable bonds is 4. The molecule has 1 aliphatic heterocycles. The molecule has 2 rings (SSSR count). The van der Waals surface area contributed by atoms with E-state index in [2.05, 4.69) is 0 Å². The number of hydrogen-bond donors (Lipinski definition) is 1. The minimum absolute atomic E-state index is 0.0835. The van der Waals surface area contributed by atoms with Crippen LogP contribution in [0.25, 0.3) is 0 Å². The normalized spacial score (nSPS) is 23.5. The average Bonchev–Trinajstić information content (AvgIpc) is 3.13. The van der Waals surface area contributed by atoms with E-state index in [1.54, 1.807) is 0 Å². The summed E-state index contributed by atoms with van der Waals surface area (Å²) in [5, 5.41) is 8.78. The Morgan fingerprint density at radius 1 is 1.22 bits per heavy atom. The van der Waals surface area contributed by atoms with Crippen LogP contribution in [-0.2, 0) is 9.59 Å². The predicted octanol–water partition coefficient (Wildman–Crippen LogP) is 0.651. The highest BCUT2D eigenvalue weighted by Crippen LogP contribution is 2.37. The number of aliphatic carboxylic acids is 1. The Kier molecular flexibility index (Phi) is 4.22. The Bertz CT molecular complexity index is 328. The largest absolute Gasteiger partial charge is 0.480 e. The first kappa shape index (κ1) is 13.3. The van der Waals surface area contributed by atoms with Gasteiger partial charge < -0.3 is 10.0 Å². The van der Waals surface area contributed by atoms with Crippen molar-refractivity contribution in [1.29, 1.82) is 0 Å². The summed E-state index contributed by atoms with van der Waals surface area (Å²) in [5.41, 5.74) is 0. The Labute approximate surface area is 108 Å². The van der Waals surface area contributed by atoms with Crippen molar-refractivity contribution in [2.45, 2.75) is 26.2 Å². The third-order valence-corrected chi connectivity index (χ3v) is 3.98. The second-order valence-electron chi connectivity index (χ2n) is 5.47. The highest BCUT2D eigenvalue weighted by atomic mass is 16.4. The molecule has 2 fully saturated rings. The number of amides is 1. The highest BCUT2D eigenvalue weighted by molar-refractivity contribution is 5.79. The Morgan fingerprint density at radius 2 is 1.94 bits per heavy atom. The first-order chi connectivity index (χ1) is 8.58. The summed E-state index contributed by atoms with van der Waals surface area (Å²) in [4.78, 5) is 26.8. The zero-order chi connectivity index (χ0) is 13.1. The molecule has 1 amide bonds. The van der Waals surface area contributed by atoms with E-state index in [0.717, 1.165) is 19.5 Å². The molecule has 102 valence electrons. The molecule has 0 aromatic rings. The third-order valence-electron chi connectivity index (χ3n) is 3.98. The molecule has 1 heterocycles. The molecular formula is C13H22N2O3. The summed E-state index contributed by atoms with van der Waals surface area (Å²) in [7, 11) is 0. The smallest absolute Gasteiger partial charge is 0.317 e. The number of carbonyl (C=O) groups excluding carboxylic acids is 1. The van der Waals surface area contributed by atoms with Crippen molar-refractivity contribution in [3.05, 3.63) is 0 Å². The lowest BCUT2D eigenvalue weighted by Crippen LogP contribution is -2.39. The summed E-state index contributed by atoms with van der Waals surface area (Å²) in [6.07, 6.45) is 3.24. The molecule has 0 spiro atoms. The van der Waals surface area contributed by atoms with Crippen LogP contribution in [0.4, 0.5) is 0 Å². The van der Waals surface area contributed by atoms with E-state index < -0.39 is 5.97 Å². The minimum Gasteiger partial charge on any atom is -0.480 e. The van der Waals surface area contributed by atoms with Crippen molar-refractivity contribution < 1.29 is 14.7 Å². The zero-order valence-electron chi connectivity index (χ0n) is 11.0. The van der Waals surface area contributed by atoms with Crippen LogP contribution < -0.4 is 0 Å². The number of carboxylic acids is 1. The van der Waals surface area contributed by atoms with Crippen molar-refractivity contribution in [1.82, 2.24) is 9.80 Å². The fourth-order valence-corrected chi connectivity index (χ4v) is 2.63. The van der Waals surface area contributed by atoms with Gasteiger partial charge in [0.25, 0.3) is 0 Å². The van der Waals surface area contributed by atoms with Gasteiger partial charge in [0.05, 0.1) is 6.54 Å². The monoisotopic (exact) mass is 254 g/mol. The molecular weight excluding hydrogens is 232 g/mol. The van der Waals surface area contributed by atoms with Gasteiger partial charge >= 0.3 is 5.97 Å². The Balaban J connectivity index is 1.84. The fraction of sp³-hybridized carbons (Fsp3) is 0.846. The van der Waals surface area contributed by atoms with Crippen molar-refractivity contribution in [2.75, 3.05) is 32.7 Å². The molecule has 0 aromatic carbocycles. The standard InChI is InChI=1S/C13H22N2O3/c1-10(11-3-4-11)13(18)15-6-2-5-14(7-8-15)9-12(16)17/h10-11H,2-9H2,1H3,(H,16,17). The van der Waals surface area contributed by atoms with Crippen LogP contribution in [0.5, 0.6) is 0 Å². The molecule has 1 unspecified atom stereocenters. The van der Waals surface area contributed by atoms with Crippen molar-refractivity contribution in [3.63, 3.8) is 0 Å². The summed E-state index contributed by atoms with van der Waals surface area (Å²) >= 11 is 0. The van der Waals surface area contributed by atoms with Crippen LogP contribution in [0.3, 0.4) is 0 Å². The lowest BCUT2D eigenvalue weighted by Gasteiger charge is -2.24. The average molecular weight is 254 g/mol. The van der Waals surface area contributed by atoms with Gasteiger partial charge in [0.2, 0.25) is 5.91 Å². The van der Waals surface area contributed by atoms with E-state index in [4.69, 9.17) is 5.11 Å². The maximum absolute atomic E-state index is 12.3. The number of hydrogen-bond acceptors (Lipinski definition) is 3. The first-order valence-corrected chi connectivity index (χ1v) is 6.81. The Morgan fingerprint density at radius 3 is 2.56 bits per heavy atom. The lowest BCUT2D eigenvalue weighted by molar-refractivity contribution is -0.138. The molecule has 1 saturated heterocycles. The van der Waals surface area contributed by atoms with Crippen LogP contribution in [-0.4, -0.2) is 59.5 Å². The molecule has 1 N–H and O–H groups in total. The summed E-state index contributed by atoms with van der Waals surface area (Å²) in [6, 6.07) is 0. The Hall–Kier alpha value is -1.10. The van der Waals surface area contributed by atoms with Crippen LogP contribution in [0.1, 0.15) is 26.2 Å². The van der Waals surface area contributed by atoms with Gasteiger partial charge in [-0.05, 0) is 25.2 Å². The highest BCUT2D eigenvalue weighted by Gasteiger charge is 2.35. The van der Waals surface area contributed by atoms with Crippen LogP contribution in [0.15, 0.2) is 0 Å². The number of carbonyl (C=O) groups is 2. The van der Waals surface area contributed by atoms with Gasteiger partial charge in [-0.25, -0.2) is 0 Å². The predicted molar refractivity (Wildman–Crippen MR) is 67.2 cm³/mol. The maximum atomic E-state index is 12.3. The molecule has 1 saturated carbocycles. The van der Waals surface area contributed by atoms with Gasteiger partial charge in [0.1, 0.15) is 0 Å². The second kappa shape index (κ2) is 5.69. The van der Waals surface area contributed by atoms with E-state index in [9.17, 15) is 9.59 Å². The van der Waals surface area contributed by atoms with Crippen molar-refractivity contribution >= 4 is 11.9 Å². The molecule has 18 heavy (non-hydrogen) atoms. The number of carboxylic acid groups (broad SMARTS) is 1. The maximum Gasteiger partial charge on any atom is 0.317 e. The molecule has 0 bridgehead atoms. The molecule has 5 heteroatoms. The third kappa shape index (κ3) is 3.45. The van der Waals surface area contributed by atoms with Gasteiger partial charge in [-0.2, -0.15) is 0 Å². The second-order valence-corrected chi connectivity index (χ2v) is 5.47. The minimum atomic E-state index is -0.791. The molecule has 2 aliphatic rings. The van der Waals surface area contributed by atoms with Crippen molar-refractivity contribution in [3.8, 4) is 0 Å². The SMILES string of the molecule is CC(C(=O)N1CCCN(CC(=O)O)CC1)C1CC1. The first-order valence-electron chi connectivity index (χ1n) is 6.81. The number of nitrogens with zero attached hydrogens (tertiary/aromatic N) is 2. The van der Waals surface area contributed by atoms with Gasteiger partial charge in [0, 0.05) is 32.1 Å². The summed E-state index contributed by atoms with van der Waals surface area (Å²) in [5.74, 6) is 0.211. The molecule has 1 atom stereocenters. The zero-order valence-corrected chi connectivity index (χ0v) is 11.0. The van der Waals surface area contributed by atoms with Crippen LogP contribution in [0.2, 0.25) is 0 Å². The van der Waals surface area contributed by atoms with E-state index >= 15 is 0 Å². The van der Waals surface area contributed by atoms with Gasteiger partial charge in [-0.3, -0.25) is 14.5 Å². The fourth-order valence-electron chi connectivity index (χ4n) is 2.63. The molecule has 5 nitrogen and oxygen atoms in total. The lowest BCUT2D eigenvalue weighted by atomic mass is 10.0. The van der Waals surface area contributed by atoms with Gasteiger partial charge in [-0.15, -0.1) is 0 Å². The quantitative estimate of drug-likeness (QED) is 0.800. The van der Waals surface area contributed by atoms with E-state index in [-0.39, 0.29) is 18.4 Å². The van der Waals surface area contributed by atoms with Gasteiger partial charge in [-0.1, -0.05) is 6.92 Å². The van der Waals surface area contributed by atoms with E-state index in [0.29, 0.717) is 19.0 Å². The van der Waals surface area contributed by atoms with Crippen molar-refractivity contribution in [2.24, 2.45) is 11.8 Å². The van der Waals surface area contributed by atoms with E-state index in [1.165, 1.54) is 12.8 Å². The van der Waals surface area contributed by atoms with Gasteiger partial charge in [0.15, 0.2) is 0 Å². The van der Waals surface area contributed by atoms with E-state index in [1.807, 2.05) is 16.7 Å². The molecule has 0 aromatic heterocycles. The summed E-state index contributed by atoms with van der Waals surface area (Å²) < 4.78 is 0.